The van der Waals surface area contributed by atoms with Crippen molar-refractivity contribution in [2.45, 2.75) is 37.9 Å². The van der Waals surface area contributed by atoms with Crippen LogP contribution in [0.15, 0.2) is 18.2 Å². The molecule has 1 heterocycles. The first kappa shape index (κ1) is 14.2. The van der Waals surface area contributed by atoms with Crippen LogP contribution in [-0.4, -0.2) is 19.3 Å². The third-order valence-electron chi connectivity index (χ3n) is 3.83. The molecule has 2 rings (SSSR count). The Hall–Kier alpha value is -1.23. The summed E-state index contributed by atoms with van der Waals surface area (Å²) in [6.45, 7) is 2.52. The topological polar surface area (TPSA) is 21.3 Å². The van der Waals surface area contributed by atoms with Crippen LogP contribution in [0.5, 0.6) is 0 Å². The second-order valence-corrected chi connectivity index (χ2v) is 5.02. The van der Waals surface area contributed by atoms with E-state index in [9.17, 15) is 13.2 Å². The molecule has 0 saturated carbocycles. The molecule has 1 aromatic carbocycles. The summed E-state index contributed by atoms with van der Waals surface area (Å²) in [6, 6.07) is 4.31. The van der Waals surface area contributed by atoms with Crippen LogP contribution in [0.3, 0.4) is 0 Å². The Bertz CT molecular complexity index is 458. The Morgan fingerprint density at radius 2 is 2.11 bits per heavy atom. The number of methoxy groups -OCH3 is 1. The number of alkyl halides is 3. The predicted octanol–water partition coefficient (Wildman–Crippen LogP) is 3.86. The molecule has 106 valence electrons. The van der Waals surface area contributed by atoms with Crippen molar-refractivity contribution in [1.82, 2.24) is 0 Å². The molecule has 1 aliphatic rings. The van der Waals surface area contributed by atoms with Crippen LogP contribution in [0.2, 0.25) is 0 Å². The maximum absolute atomic E-state index is 12.9. The van der Waals surface area contributed by atoms with Crippen LogP contribution in [0.1, 0.15) is 30.9 Å². The molecule has 19 heavy (non-hydrogen) atoms. The number of ether oxygens (including phenoxy) is 1. The molecule has 0 aliphatic carbocycles. The van der Waals surface area contributed by atoms with E-state index < -0.39 is 11.7 Å². The third kappa shape index (κ3) is 2.71. The zero-order chi connectivity index (χ0) is 14.1. The van der Waals surface area contributed by atoms with Gasteiger partial charge < -0.3 is 10.1 Å². The first-order valence-electron chi connectivity index (χ1n) is 6.38. The van der Waals surface area contributed by atoms with Crippen molar-refractivity contribution in [1.29, 1.82) is 0 Å². The largest absolute Gasteiger partial charge is 0.416 e. The standard InChI is InChI=1S/C14H18F3NO/c1-3-13(9-19-2)8-7-10-11(14(15,16)17)5-4-6-12(10)18-13/h4-6,18H,3,7-9H2,1-2H3. The summed E-state index contributed by atoms with van der Waals surface area (Å²) in [4.78, 5) is 0. The van der Waals surface area contributed by atoms with E-state index in [-0.39, 0.29) is 5.54 Å². The van der Waals surface area contributed by atoms with Crippen LogP contribution in [-0.2, 0) is 17.3 Å². The van der Waals surface area contributed by atoms with E-state index in [4.69, 9.17) is 4.74 Å². The second-order valence-electron chi connectivity index (χ2n) is 5.02. The molecule has 1 aliphatic heterocycles. The zero-order valence-electron chi connectivity index (χ0n) is 11.1. The van der Waals surface area contributed by atoms with Gasteiger partial charge in [0.25, 0.3) is 0 Å². The van der Waals surface area contributed by atoms with Crippen LogP contribution < -0.4 is 5.32 Å². The summed E-state index contributed by atoms with van der Waals surface area (Å²) in [5.41, 5.74) is 0.168. The molecular formula is C14H18F3NO. The lowest BCUT2D eigenvalue weighted by atomic mass is 9.83. The average Bonchev–Trinajstić information content (AvgIpc) is 2.37. The molecule has 0 fully saturated rings. The molecule has 1 unspecified atom stereocenters. The predicted molar refractivity (Wildman–Crippen MR) is 68.3 cm³/mol. The number of rotatable bonds is 3. The fourth-order valence-electron chi connectivity index (χ4n) is 2.70. The van der Waals surface area contributed by atoms with E-state index in [2.05, 4.69) is 5.32 Å². The lowest BCUT2D eigenvalue weighted by molar-refractivity contribution is -0.138. The average molecular weight is 273 g/mol. The van der Waals surface area contributed by atoms with Crippen molar-refractivity contribution in [2.24, 2.45) is 0 Å². The van der Waals surface area contributed by atoms with Crippen LogP contribution in [0, 0.1) is 0 Å². The highest BCUT2D eigenvalue weighted by molar-refractivity contribution is 5.59. The molecule has 0 amide bonds. The Kier molecular flexibility index (Phi) is 3.76. The Morgan fingerprint density at radius 3 is 2.68 bits per heavy atom. The van der Waals surface area contributed by atoms with Crippen LogP contribution in [0.4, 0.5) is 18.9 Å². The smallest absolute Gasteiger partial charge is 0.382 e. The highest BCUT2D eigenvalue weighted by atomic mass is 19.4. The molecule has 5 heteroatoms. The molecular weight excluding hydrogens is 255 g/mol. The second kappa shape index (κ2) is 5.04. The molecule has 0 radical (unpaired) electrons. The molecule has 0 saturated heterocycles. The molecule has 0 spiro atoms. The van der Waals surface area contributed by atoms with E-state index in [1.165, 1.54) is 6.07 Å². The summed E-state index contributed by atoms with van der Waals surface area (Å²) in [5, 5.41) is 3.25. The maximum atomic E-state index is 12.9. The van der Waals surface area contributed by atoms with E-state index in [1.54, 1.807) is 13.2 Å². The van der Waals surface area contributed by atoms with Crippen molar-refractivity contribution in [3.63, 3.8) is 0 Å². The molecule has 0 bridgehead atoms. The number of nitrogens with one attached hydrogen (secondary N) is 1. The summed E-state index contributed by atoms with van der Waals surface area (Å²) < 4.78 is 44.0. The van der Waals surface area contributed by atoms with Crippen LogP contribution >= 0.6 is 0 Å². The molecule has 1 aromatic rings. The van der Waals surface area contributed by atoms with Gasteiger partial charge in [-0.15, -0.1) is 0 Å². The number of benzene rings is 1. The lowest BCUT2D eigenvalue weighted by Gasteiger charge is -2.39. The number of halogens is 3. The van der Waals surface area contributed by atoms with Crippen molar-refractivity contribution < 1.29 is 17.9 Å². The number of fused-ring (bicyclic) bond motifs is 1. The molecule has 1 N–H and O–H groups in total. The van der Waals surface area contributed by atoms with Crippen molar-refractivity contribution >= 4 is 5.69 Å². The number of anilines is 1. The number of hydrogen-bond donors (Lipinski definition) is 1. The summed E-state index contributed by atoms with van der Waals surface area (Å²) in [6.07, 6.45) is -2.40. The SMILES string of the molecule is CCC1(COC)CCc2c(cccc2C(F)(F)F)N1. The summed E-state index contributed by atoms with van der Waals surface area (Å²) >= 11 is 0. The van der Waals surface area contributed by atoms with Gasteiger partial charge >= 0.3 is 6.18 Å². The van der Waals surface area contributed by atoms with Gasteiger partial charge in [-0.25, -0.2) is 0 Å². The van der Waals surface area contributed by atoms with Gasteiger partial charge in [0, 0.05) is 12.8 Å². The summed E-state index contributed by atoms with van der Waals surface area (Å²) in [5.74, 6) is 0. The van der Waals surface area contributed by atoms with Gasteiger partial charge in [0.2, 0.25) is 0 Å². The molecule has 2 nitrogen and oxygen atoms in total. The minimum Gasteiger partial charge on any atom is -0.382 e. The van der Waals surface area contributed by atoms with Gasteiger partial charge in [-0.1, -0.05) is 13.0 Å². The Balaban J connectivity index is 2.37. The fraction of sp³-hybridized carbons (Fsp3) is 0.571. The zero-order valence-corrected chi connectivity index (χ0v) is 11.1. The van der Waals surface area contributed by atoms with Gasteiger partial charge in [-0.05, 0) is 37.0 Å². The van der Waals surface area contributed by atoms with Gasteiger partial charge in [0.1, 0.15) is 0 Å². The quantitative estimate of drug-likeness (QED) is 0.903. The van der Waals surface area contributed by atoms with Gasteiger partial charge in [-0.3, -0.25) is 0 Å². The normalized spacial score (nSPS) is 22.8. The van der Waals surface area contributed by atoms with E-state index >= 15 is 0 Å². The monoisotopic (exact) mass is 273 g/mol. The molecule has 0 aromatic heterocycles. The third-order valence-corrected chi connectivity index (χ3v) is 3.83. The van der Waals surface area contributed by atoms with Crippen molar-refractivity contribution in [2.75, 3.05) is 19.0 Å². The highest BCUT2D eigenvalue weighted by Gasteiger charge is 2.38. The van der Waals surface area contributed by atoms with Gasteiger partial charge in [-0.2, -0.15) is 13.2 Å². The fourth-order valence-corrected chi connectivity index (χ4v) is 2.70. The van der Waals surface area contributed by atoms with E-state index in [1.807, 2.05) is 6.92 Å². The summed E-state index contributed by atoms with van der Waals surface area (Å²) in [7, 11) is 1.61. The van der Waals surface area contributed by atoms with Crippen molar-refractivity contribution in [3.05, 3.63) is 29.3 Å². The highest BCUT2D eigenvalue weighted by Crippen LogP contribution is 2.40. The first-order chi connectivity index (χ1) is 8.92. The van der Waals surface area contributed by atoms with Gasteiger partial charge in [0.05, 0.1) is 17.7 Å². The lowest BCUT2D eigenvalue weighted by Crippen LogP contribution is -2.45. The maximum Gasteiger partial charge on any atom is 0.416 e. The molecule has 1 atom stereocenters. The van der Waals surface area contributed by atoms with Crippen LogP contribution in [0.25, 0.3) is 0 Å². The van der Waals surface area contributed by atoms with Gasteiger partial charge in [0.15, 0.2) is 0 Å². The van der Waals surface area contributed by atoms with Crippen molar-refractivity contribution in [3.8, 4) is 0 Å². The van der Waals surface area contributed by atoms with E-state index in [0.29, 0.717) is 30.7 Å². The minimum atomic E-state index is -4.29. The Labute approximate surface area is 111 Å². The minimum absolute atomic E-state index is 0.258. The first-order valence-corrected chi connectivity index (χ1v) is 6.38. The Morgan fingerprint density at radius 1 is 1.37 bits per heavy atom. The number of hydrogen-bond acceptors (Lipinski definition) is 2. The van der Waals surface area contributed by atoms with E-state index in [0.717, 1.165) is 12.5 Å².